The number of rotatable bonds is 18. The van der Waals surface area contributed by atoms with E-state index in [1.807, 2.05) is 17.8 Å². The molecule has 5 N–H and O–H groups in total. The quantitative estimate of drug-likeness (QED) is 0.130. The molecule has 0 unspecified atom stereocenters. The molecule has 51 heavy (non-hydrogen) atoms. The van der Waals surface area contributed by atoms with Gasteiger partial charge in [-0.2, -0.15) is 5.10 Å². The van der Waals surface area contributed by atoms with Crippen molar-refractivity contribution in [1.82, 2.24) is 29.9 Å². The molecule has 1 aromatic carbocycles. The van der Waals surface area contributed by atoms with Crippen LogP contribution < -0.4 is 21.7 Å². The molecular weight excluding hydrogens is 646 g/mol. The number of anilines is 2. The third-order valence-electron chi connectivity index (χ3n) is 10.3. The number of aryl methyl sites for hydroxylation is 2. The predicted octanol–water partition coefficient (Wildman–Crippen LogP) is 5.29. The van der Waals surface area contributed by atoms with Crippen molar-refractivity contribution < 1.29 is 19.1 Å². The zero-order valence-corrected chi connectivity index (χ0v) is 30.7. The topological polar surface area (TPSA) is 160 Å². The van der Waals surface area contributed by atoms with E-state index >= 15 is 0 Å². The van der Waals surface area contributed by atoms with Gasteiger partial charge in [0.15, 0.2) is 5.65 Å². The number of pyridine rings is 1. The average Bonchev–Trinajstić information content (AvgIpc) is 3.77. The molecular formula is C38H57N9O4. The molecule has 1 atom stereocenters. The summed E-state index contributed by atoms with van der Waals surface area (Å²) in [7, 11) is 1.78. The van der Waals surface area contributed by atoms with E-state index in [-0.39, 0.29) is 24.4 Å². The average molecular weight is 704 g/mol. The first-order valence-electron chi connectivity index (χ1n) is 18.9. The van der Waals surface area contributed by atoms with Crippen molar-refractivity contribution in [2.24, 2.45) is 5.73 Å². The Labute approximate surface area is 302 Å². The minimum Gasteiger partial charge on any atom is -0.383 e. The fourth-order valence-corrected chi connectivity index (χ4v) is 7.40. The van der Waals surface area contributed by atoms with Crippen LogP contribution in [0.15, 0.2) is 30.5 Å². The van der Waals surface area contributed by atoms with E-state index in [0.29, 0.717) is 49.8 Å². The van der Waals surface area contributed by atoms with Gasteiger partial charge in [0.2, 0.25) is 5.91 Å². The Morgan fingerprint density at radius 1 is 0.980 bits per heavy atom. The summed E-state index contributed by atoms with van der Waals surface area (Å²) in [5.74, 6) is -0.215. The van der Waals surface area contributed by atoms with Gasteiger partial charge in [-0.15, -0.1) is 0 Å². The number of hydrogen-bond donors (Lipinski definition) is 4. The van der Waals surface area contributed by atoms with Gasteiger partial charge in [0, 0.05) is 74.3 Å². The first-order valence-corrected chi connectivity index (χ1v) is 18.9. The Kier molecular flexibility index (Phi) is 14.0. The van der Waals surface area contributed by atoms with Gasteiger partial charge in [0.1, 0.15) is 0 Å². The van der Waals surface area contributed by atoms with Crippen LogP contribution in [0.5, 0.6) is 0 Å². The molecule has 2 aliphatic heterocycles. The fraction of sp³-hybridized carbons (Fsp3) is 0.605. The van der Waals surface area contributed by atoms with Gasteiger partial charge < -0.3 is 31.3 Å². The van der Waals surface area contributed by atoms with Gasteiger partial charge in [-0.25, -0.2) is 14.5 Å². The molecule has 4 heterocycles. The van der Waals surface area contributed by atoms with Gasteiger partial charge in [-0.1, -0.05) is 26.2 Å². The van der Waals surface area contributed by atoms with E-state index < -0.39 is 6.03 Å². The van der Waals surface area contributed by atoms with Crippen molar-refractivity contribution in [3.63, 3.8) is 0 Å². The number of amides is 4. The number of aromatic nitrogens is 3. The first-order chi connectivity index (χ1) is 24.8. The summed E-state index contributed by atoms with van der Waals surface area (Å²) in [4.78, 5) is 46.8. The van der Waals surface area contributed by atoms with Crippen LogP contribution in [0.3, 0.4) is 0 Å². The van der Waals surface area contributed by atoms with Crippen LogP contribution in [0.1, 0.15) is 99.7 Å². The Balaban J connectivity index is 1.10. The van der Waals surface area contributed by atoms with E-state index in [9.17, 15) is 14.4 Å². The minimum absolute atomic E-state index is 0.00612. The van der Waals surface area contributed by atoms with Gasteiger partial charge >= 0.3 is 6.03 Å². The number of nitrogens with two attached hydrogens (primary N) is 1. The normalized spacial score (nSPS) is 16.8. The highest BCUT2D eigenvalue weighted by Crippen LogP contribution is 2.31. The van der Waals surface area contributed by atoms with Gasteiger partial charge in [0.05, 0.1) is 23.9 Å². The number of piperidine rings is 1. The molecule has 2 aromatic heterocycles. The summed E-state index contributed by atoms with van der Waals surface area (Å²) in [6.07, 6.45) is 12.5. The highest BCUT2D eigenvalue weighted by atomic mass is 16.5. The number of nitrogens with one attached hydrogen (secondary N) is 3. The van der Waals surface area contributed by atoms with Crippen LogP contribution in [0, 0.1) is 0 Å². The van der Waals surface area contributed by atoms with Crippen LogP contribution in [-0.2, 0) is 29.0 Å². The Bertz CT molecular complexity index is 1600. The van der Waals surface area contributed by atoms with Crippen LogP contribution in [0.4, 0.5) is 16.2 Å². The number of likely N-dealkylation sites (tertiary alicyclic amines) is 2. The highest BCUT2D eigenvalue weighted by molar-refractivity contribution is 5.96. The number of fused-ring (bicyclic) bond motifs is 1. The van der Waals surface area contributed by atoms with Crippen molar-refractivity contribution in [1.29, 1.82) is 0 Å². The van der Waals surface area contributed by atoms with E-state index in [1.54, 1.807) is 36.3 Å². The predicted molar refractivity (Wildman–Crippen MR) is 201 cm³/mol. The summed E-state index contributed by atoms with van der Waals surface area (Å²) >= 11 is 0. The summed E-state index contributed by atoms with van der Waals surface area (Å²) in [6, 6.07) is 7.35. The SMILES string of the molecule is CCc1nc2c(cnn2CC)c(NC2CCN(C(N)=O)CC2)c1CNC(=O)c1ccc(NC(=O)CCCCCCCN2CCC[C@H]2COC)cc1. The minimum atomic E-state index is -0.391. The van der Waals surface area contributed by atoms with E-state index in [2.05, 4.69) is 32.9 Å². The summed E-state index contributed by atoms with van der Waals surface area (Å²) in [5, 5.41) is 15.3. The van der Waals surface area contributed by atoms with Crippen molar-refractivity contribution in [3.05, 3.63) is 47.3 Å². The summed E-state index contributed by atoms with van der Waals surface area (Å²) in [6.45, 7) is 9.41. The monoisotopic (exact) mass is 703 g/mol. The van der Waals surface area contributed by atoms with Gasteiger partial charge in [-0.05, 0) is 89.2 Å². The lowest BCUT2D eigenvalue weighted by Crippen LogP contribution is -2.44. The number of unbranched alkanes of at least 4 members (excludes halogenated alkanes) is 4. The number of primary amides is 1. The van der Waals surface area contributed by atoms with Crippen molar-refractivity contribution in [2.75, 3.05) is 50.5 Å². The summed E-state index contributed by atoms with van der Waals surface area (Å²) < 4.78 is 7.24. The second-order valence-electron chi connectivity index (χ2n) is 13.8. The lowest BCUT2D eigenvalue weighted by atomic mass is 10.0. The molecule has 2 fully saturated rings. The maximum atomic E-state index is 13.3. The maximum absolute atomic E-state index is 13.3. The van der Waals surface area contributed by atoms with Crippen molar-refractivity contribution in [3.8, 4) is 0 Å². The molecule has 4 amide bonds. The Morgan fingerprint density at radius 3 is 2.43 bits per heavy atom. The number of hydrogen-bond acceptors (Lipinski definition) is 8. The molecule has 13 nitrogen and oxygen atoms in total. The number of carbonyl (C=O) groups excluding carboxylic acids is 3. The number of benzene rings is 1. The van der Waals surface area contributed by atoms with Crippen molar-refractivity contribution in [2.45, 2.75) is 110 Å². The van der Waals surface area contributed by atoms with E-state index in [0.717, 1.165) is 73.2 Å². The molecule has 0 radical (unpaired) electrons. The smallest absolute Gasteiger partial charge is 0.314 e. The molecule has 2 saturated heterocycles. The Morgan fingerprint density at radius 2 is 1.73 bits per heavy atom. The van der Waals surface area contributed by atoms with Gasteiger partial charge in [0.25, 0.3) is 5.91 Å². The lowest BCUT2D eigenvalue weighted by molar-refractivity contribution is -0.116. The highest BCUT2D eigenvalue weighted by Gasteiger charge is 2.26. The van der Waals surface area contributed by atoms with Crippen LogP contribution in [-0.4, -0.2) is 94.4 Å². The molecule has 0 aliphatic carbocycles. The van der Waals surface area contributed by atoms with E-state index in [1.165, 1.54) is 32.2 Å². The number of urea groups is 1. The molecule has 0 saturated carbocycles. The molecule has 2 aliphatic rings. The lowest BCUT2D eigenvalue weighted by Gasteiger charge is -2.32. The molecule has 0 bridgehead atoms. The molecule has 5 rings (SSSR count). The molecule has 3 aromatic rings. The number of ether oxygens (including phenoxy) is 1. The maximum Gasteiger partial charge on any atom is 0.314 e. The second kappa shape index (κ2) is 18.8. The number of methoxy groups -OCH3 is 1. The summed E-state index contributed by atoms with van der Waals surface area (Å²) in [5.41, 5.74) is 10.2. The molecule has 278 valence electrons. The zero-order valence-electron chi connectivity index (χ0n) is 30.7. The third kappa shape index (κ3) is 10.2. The third-order valence-corrected chi connectivity index (χ3v) is 10.3. The van der Waals surface area contributed by atoms with Gasteiger partial charge in [-0.3, -0.25) is 14.5 Å². The van der Waals surface area contributed by atoms with E-state index in [4.69, 9.17) is 15.5 Å². The first kappa shape index (κ1) is 38.0. The standard InChI is InChI=1S/C38H57N9O4/c1-4-33-31(35(32-25-41-47(5-2)36(32)44-33)43-29-18-22-46(23-19-29)38(39)50)24-40-37(49)27-14-16-28(17-15-27)42-34(48)13-9-7-6-8-10-20-45-21-11-12-30(45)26-51-3/h14-17,25,29-30H,4-13,18-24,26H2,1-3H3,(H2,39,50)(H,40,49)(H,42,48)(H,43,44)/t30-/m0/s1. The van der Waals surface area contributed by atoms with Crippen LogP contribution in [0.25, 0.3) is 11.0 Å². The Hall–Kier alpha value is -4.23. The number of nitrogens with zero attached hydrogens (tertiary/aromatic N) is 5. The molecule has 0 spiro atoms. The second-order valence-corrected chi connectivity index (χ2v) is 13.8. The van der Waals surface area contributed by atoms with Crippen LogP contribution in [0.2, 0.25) is 0 Å². The number of carbonyl (C=O) groups is 3. The van der Waals surface area contributed by atoms with Crippen LogP contribution >= 0.6 is 0 Å². The molecule has 13 heteroatoms. The van der Waals surface area contributed by atoms with Crippen molar-refractivity contribution >= 4 is 40.3 Å². The fourth-order valence-electron chi connectivity index (χ4n) is 7.40. The zero-order chi connectivity index (χ0) is 36.2. The largest absolute Gasteiger partial charge is 0.383 e.